The van der Waals surface area contributed by atoms with Crippen LogP contribution in [0.3, 0.4) is 0 Å². The quantitative estimate of drug-likeness (QED) is 0.271. The smallest absolute Gasteiger partial charge is 0.339 e. The molecular weight excluding hydrogens is 320 g/mol. The maximum atomic E-state index is 12.7. The Kier molecular flexibility index (Phi) is 6.34. The molecule has 2 aromatic rings. The van der Waals surface area contributed by atoms with Gasteiger partial charge in [-0.3, -0.25) is 4.79 Å². The first-order valence-corrected chi connectivity index (χ1v) is 7.94. The van der Waals surface area contributed by atoms with Crippen molar-refractivity contribution in [1.82, 2.24) is 0 Å². The molecule has 0 spiro atoms. The Morgan fingerprint density at radius 3 is 2.36 bits per heavy atom. The van der Waals surface area contributed by atoms with Gasteiger partial charge in [0.2, 0.25) is 6.29 Å². The van der Waals surface area contributed by atoms with Crippen molar-refractivity contribution in [2.75, 3.05) is 0 Å². The molecule has 1 N–H and O–H groups in total. The van der Waals surface area contributed by atoms with Crippen molar-refractivity contribution >= 4 is 11.8 Å². The summed E-state index contributed by atoms with van der Waals surface area (Å²) >= 11 is 0. The molecule has 0 fully saturated rings. The van der Waals surface area contributed by atoms with Gasteiger partial charge in [-0.15, -0.1) is 0 Å². The van der Waals surface area contributed by atoms with Gasteiger partial charge in [-0.2, -0.15) is 0 Å². The molecular formula is C20H20O5. The highest BCUT2D eigenvalue weighted by atomic mass is 16.7. The molecule has 2 rings (SSSR count). The van der Waals surface area contributed by atoms with Crippen LogP contribution >= 0.6 is 0 Å². The van der Waals surface area contributed by atoms with Crippen LogP contribution in [0.1, 0.15) is 36.2 Å². The number of hydrogen-bond acceptors (Lipinski definition) is 5. The fraction of sp³-hybridized carbons (Fsp3) is 0.200. The Hall–Kier alpha value is -3.08. The number of para-hydroxylation sites is 1. The highest BCUT2D eigenvalue weighted by Gasteiger charge is 2.20. The standard InChI is InChI=1S/C20H20O5/c1-3-18(25-20(23)14(2)13-21)24-17-12-8-7-11-16(17)19(22)15-9-5-4-6-10-15/h4-13,18,21H,3H2,1-2H3/b14-13+. The van der Waals surface area contributed by atoms with Crippen LogP contribution in [0.25, 0.3) is 0 Å². The van der Waals surface area contributed by atoms with E-state index in [1.54, 1.807) is 55.5 Å². The molecule has 0 aliphatic carbocycles. The largest absolute Gasteiger partial charge is 0.515 e. The minimum Gasteiger partial charge on any atom is -0.515 e. The van der Waals surface area contributed by atoms with Crippen LogP contribution < -0.4 is 4.74 Å². The van der Waals surface area contributed by atoms with E-state index in [-0.39, 0.29) is 11.4 Å². The van der Waals surface area contributed by atoms with Crippen LogP contribution in [0.2, 0.25) is 0 Å². The van der Waals surface area contributed by atoms with Crippen LogP contribution in [0.15, 0.2) is 66.4 Å². The fourth-order valence-electron chi connectivity index (χ4n) is 2.10. The van der Waals surface area contributed by atoms with E-state index in [1.807, 2.05) is 6.07 Å². The van der Waals surface area contributed by atoms with Crippen LogP contribution in [0, 0.1) is 0 Å². The average molecular weight is 340 g/mol. The zero-order valence-electron chi connectivity index (χ0n) is 14.1. The summed E-state index contributed by atoms with van der Waals surface area (Å²) in [6.07, 6.45) is 0.201. The van der Waals surface area contributed by atoms with Gasteiger partial charge in [-0.05, 0) is 19.1 Å². The van der Waals surface area contributed by atoms with Gasteiger partial charge in [0.25, 0.3) is 0 Å². The maximum Gasteiger partial charge on any atom is 0.339 e. The van der Waals surface area contributed by atoms with Gasteiger partial charge in [0.1, 0.15) is 5.75 Å². The lowest BCUT2D eigenvalue weighted by molar-refractivity contribution is -0.159. The van der Waals surface area contributed by atoms with Gasteiger partial charge < -0.3 is 14.6 Å². The van der Waals surface area contributed by atoms with Crippen molar-refractivity contribution in [3.05, 3.63) is 77.6 Å². The number of hydrogen-bond donors (Lipinski definition) is 1. The molecule has 0 aromatic heterocycles. The molecule has 0 aliphatic rings. The second-order valence-corrected chi connectivity index (χ2v) is 5.36. The van der Waals surface area contributed by atoms with Gasteiger partial charge in [0.05, 0.1) is 17.4 Å². The van der Waals surface area contributed by atoms with E-state index in [2.05, 4.69) is 0 Å². The highest BCUT2D eigenvalue weighted by Crippen LogP contribution is 2.24. The number of rotatable bonds is 7. The van der Waals surface area contributed by atoms with Gasteiger partial charge in [-0.25, -0.2) is 4.79 Å². The van der Waals surface area contributed by atoms with Gasteiger partial charge in [0, 0.05) is 12.0 Å². The first kappa shape index (κ1) is 18.3. The van der Waals surface area contributed by atoms with E-state index < -0.39 is 12.3 Å². The Morgan fingerprint density at radius 2 is 1.72 bits per heavy atom. The molecule has 0 aliphatic heterocycles. The molecule has 5 nitrogen and oxygen atoms in total. The third-order valence-electron chi connectivity index (χ3n) is 3.51. The van der Waals surface area contributed by atoms with Gasteiger partial charge in [0.15, 0.2) is 5.78 Å². The zero-order valence-corrected chi connectivity index (χ0v) is 14.1. The second kappa shape index (κ2) is 8.68. The number of esters is 1. The van der Waals surface area contributed by atoms with Crippen molar-refractivity contribution in [3.8, 4) is 5.75 Å². The summed E-state index contributed by atoms with van der Waals surface area (Å²) in [4.78, 5) is 24.5. The van der Waals surface area contributed by atoms with Crippen molar-refractivity contribution in [1.29, 1.82) is 0 Å². The van der Waals surface area contributed by atoms with Crippen LogP contribution in [0.4, 0.5) is 0 Å². The summed E-state index contributed by atoms with van der Waals surface area (Å²) < 4.78 is 10.9. The number of benzene rings is 2. The Morgan fingerprint density at radius 1 is 1.08 bits per heavy atom. The first-order valence-electron chi connectivity index (χ1n) is 7.94. The molecule has 5 heteroatoms. The molecule has 0 amide bonds. The van der Waals surface area contributed by atoms with E-state index in [1.165, 1.54) is 6.92 Å². The molecule has 0 heterocycles. The predicted molar refractivity (Wildman–Crippen MR) is 93.5 cm³/mol. The van der Waals surface area contributed by atoms with Crippen molar-refractivity contribution in [2.45, 2.75) is 26.6 Å². The lowest BCUT2D eigenvalue weighted by Crippen LogP contribution is -2.25. The number of aliphatic hydroxyl groups excluding tert-OH is 1. The lowest BCUT2D eigenvalue weighted by Gasteiger charge is -2.19. The van der Waals surface area contributed by atoms with E-state index in [0.717, 1.165) is 0 Å². The van der Waals surface area contributed by atoms with Crippen LogP contribution in [-0.2, 0) is 9.53 Å². The summed E-state index contributed by atoms with van der Waals surface area (Å²) in [5, 5.41) is 8.88. The summed E-state index contributed by atoms with van der Waals surface area (Å²) in [5.41, 5.74) is 0.996. The first-order chi connectivity index (χ1) is 12.1. The minimum atomic E-state index is -0.868. The zero-order chi connectivity index (χ0) is 18.2. The molecule has 0 saturated heterocycles. The Bertz CT molecular complexity index is 765. The third kappa shape index (κ3) is 4.70. The molecule has 130 valence electrons. The van der Waals surface area contributed by atoms with Crippen molar-refractivity contribution < 1.29 is 24.2 Å². The SMILES string of the molecule is CCC(OC(=O)/C(C)=C/O)Oc1ccccc1C(=O)c1ccccc1. The molecule has 0 saturated carbocycles. The number of carbonyl (C=O) groups is 2. The summed E-state index contributed by atoms with van der Waals surface area (Å²) in [6.45, 7) is 3.22. The van der Waals surface area contributed by atoms with Gasteiger partial charge >= 0.3 is 5.97 Å². The Balaban J connectivity index is 2.22. The normalized spacial score (nSPS) is 12.3. The number of ether oxygens (including phenoxy) is 2. The van der Waals surface area contributed by atoms with E-state index in [0.29, 0.717) is 29.6 Å². The van der Waals surface area contributed by atoms with Crippen LogP contribution in [-0.4, -0.2) is 23.1 Å². The third-order valence-corrected chi connectivity index (χ3v) is 3.51. The molecule has 1 atom stereocenters. The number of ketones is 1. The summed E-state index contributed by atoms with van der Waals surface area (Å²) in [5.74, 6) is -0.522. The number of carbonyl (C=O) groups excluding carboxylic acids is 2. The van der Waals surface area contributed by atoms with E-state index >= 15 is 0 Å². The minimum absolute atomic E-state index is 0.0655. The van der Waals surface area contributed by atoms with Crippen molar-refractivity contribution in [3.63, 3.8) is 0 Å². The fourth-order valence-corrected chi connectivity index (χ4v) is 2.10. The molecule has 2 aromatic carbocycles. The number of aliphatic hydroxyl groups is 1. The second-order valence-electron chi connectivity index (χ2n) is 5.36. The monoisotopic (exact) mass is 340 g/mol. The Labute approximate surface area is 146 Å². The van der Waals surface area contributed by atoms with Gasteiger partial charge in [-0.1, -0.05) is 49.4 Å². The summed E-state index contributed by atoms with van der Waals surface area (Å²) in [6, 6.07) is 15.7. The molecule has 0 radical (unpaired) electrons. The molecule has 0 bridgehead atoms. The highest BCUT2D eigenvalue weighted by molar-refractivity contribution is 6.10. The average Bonchev–Trinajstić information content (AvgIpc) is 2.67. The van der Waals surface area contributed by atoms with Crippen molar-refractivity contribution in [2.24, 2.45) is 0 Å². The predicted octanol–water partition coefficient (Wildman–Crippen LogP) is 4.04. The lowest BCUT2D eigenvalue weighted by atomic mass is 10.0. The van der Waals surface area contributed by atoms with E-state index in [4.69, 9.17) is 14.6 Å². The maximum absolute atomic E-state index is 12.7. The molecule has 25 heavy (non-hydrogen) atoms. The van der Waals surface area contributed by atoms with Crippen LogP contribution in [0.5, 0.6) is 5.75 Å². The molecule has 1 unspecified atom stereocenters. The topological polar surface area (TPSA) is 72.8 Å². The summed E-state index contributed by atoms with van der Waals surface area (Å²) in [7, 11) is 0. The van der Waals surface area contributed by atoms with E-state index in [9.17, 15) is 9.59 Å².